The van der Waals surface area contributed by atoms with Gasteiger partial charge in [-0.2, -0.15) is 0 Å². The van der Waals surface area contributed by atoms with Gasteiger partial charge in [-0.05, 0) is 26.5 Å². The average Bonchev–Trinajstić information content (AvgIpc) is 2.38. The Bertz CT molecular complexity index is 586. The summed E-state index contributed by atoms with van der Waals surface area (Å²) in [7, 11) is -1.88. The van der Waals surface area contributed by atoms with Gasteiger partial charge >= 0.3 is 0 Å². The van der Waals surface area contributed by atoms with Crippen LogP contribution in [0.25, 0.3) is 0 Å². The number of rotatable bonds is 7. The van der Waals surface area contributed by atoms with Crippen LogP contribution in [0.5, 0.6) is 0 Å². The van der Waals surface area contributed by atoms with Gasteiger partial charge in [0.2, 0.25) is 10.0 Å². The van der Waals surface area contributed by atoms with E-state index < -0.39 is 14.9 Å². The summed E-state index contributed by atoms with van der Waals surface area (Å²) in [6, 6.07) is 4.84. The third-order valence-electron chi connectivity index (χ3n) is 3.06. The molecule has 0 aliphatic carbocycles. The summed E-state index contributed by atoms with van der Waals surface area (Å²) in [5.41, 5.74) is 1.42. The molecule has 0 bridgehead atoms. The van der Waals surface area contributed by atoms with E-state index in [1.54, 1.807) is 19.1 Å². The highest BCUT2D eigenvalue weighted by Gasteiger charge is 2.14. The number of hydrogen-bond donors (Lipinski definition) is 2. The molecule has 0 saturated heterocycles. The van der Waals surface area contributed by atoms with Crippen LogP contribution in [-0.2, 0) is 10.0 Å². The van der Waals surface area contributed by atoms with Crippen molar-refractivity contribution in [1.29, 1.82) is 0 Å². The predicted molar refractivity (Wildman–Crippen MR) is 77.1 cm³/mol. The van der Waals surface area contributed by atoms with Gasteiger partial charge in [0.05, 0.1) is 10.7 Å². The Morgan fingerprint density at radius 1 is 1.40 bits per heavy atom. The standard InChI is InChI=1S/C12H19N3O4S/c1-9-4-5-11(8-12(9)15(16)17)10(2)14-6-7-20(18,19)13-3/h4-5,8,10,13-14H,6-7H2,1-3H3. The van der Waals surface area contributed by atoms with E-state index in [0.29, 0.717) is 5.56 Å². The maximum atomic E-state index is 11.3. The van der Waals surface area contributed by atoms with Crippen molar-refractivity contribution in [3.63, 3.8) is 0 Å². The van der Waals surface area contributed by atoms with Gasteiger partial charge in [0.25, 0.3) is 5.69 Å². The number of nitro benzene ring substituents is 1. The van der Waals surface area contributed by atoms with Crippen LogP contribution in [0.4, 0.5) is 5.69 Å². The lowest BCUT2D eigenvalue weighted by molar-refractivity contribution is -0.385. The maximum Gasteiger partial charge on any atom is 0.272 e. The second-order valence-electron chi connectivity index (χ2n) is 4.50. The number of nitro groups is 1. The fourth-order valence-corrected chi connectivity index (χ4v) is 2.31. The van der Waals surface area contributed by atoms with Crippen LogP contribution in [0.1, 0.15) is 24.1 Å². The van der Waals surface area contributed by atoms with Crippen LogP contribution in [0.15, 0.2) is 18.2 Å². The molecule has 0 radical (unpaired) electrons. The first-order valence-corrected chi connectivity index (χ1v) is 7.81. The smallest absolute Gasteiger partial charge is 0.272 e. The summed E-state index contributed by atoms with van der Waals surface area (Å²) in [6.45, 7) is 3.78. The summed E-state index contributed by atoms with van der Waals surface area (Å²) in [5, 5.41) is 13.9. The van der Waals surface area contributed by atoms with Crippen LogP contribution in [0, 0.1) is 17.0 Å². The molecule has 0 heterocycles. The quantitative estimate of drug-likeness (QED) is 0.580. The van der Waals surface area contributed by atoms with Crippen molar-refractivity contribution in [1.82, 2.24) is 10.0 Å². The molecule has 2 N–H and O–H groups in total. The number of aryl methyl sites for hydroxylation is 1. The Morgan fingerprint density at radius 3 is 2.60 bits per heavy atom. The minimum atomic E-state index is -3.25. The second kappa shape index (κ2) is 6.78. The summed E-state index contributed by atoms with van der Waals surface area (Å²) in [5.74, 6) is -0.0399. The van der Waals surface area contributed by atoms with E-state index >= 15 is 0 Å². The van der Waals surface area contributed by atoms with Gasteiger partial charge < -0.3 is 5.32 Å². The molecule has 7 nitrogen and oxygen atoms in total. The minimum absolute atomic E-state index is 0.0399. The van der Waals surface area contributed by atoms with Crippen LogP contribution < -0.4 is 10.0 Å². The first kappa shape index (κ1) is 16.5. The molecule has 0 saturated carbocycles. The molecule has 0 aliphatic heterocycles. The molecule has 1 aromatic rings. The van der Waals surface area contributed by atoms with E-state index in [-0.39, 0.29) is 24.0 Å². The molecule has 0 aromatic heterocycles. The summed E-state index contributed by atoms with van der Waals surface area (Å²) in [6.07, 6.45) is 0. The molecule has 0 amide bonds. The number of hydrogen-bond acceptors (Lipinski definition) is 5. The van der Waals surface area contributed by atoms with E-state index in [2.05, 4.69) is 10.0 Å². The Labute approximate surface area is 118 Å². The lowest BCUT2D eigenvalue weighted by Gasteiger charge is -2.14. The number of sulfonamides is 1. The number of nitrogens with zero attached hydrogens (tertiary/aromatic N) is 1. The molecule has 1 unspecified atom stereocenters. The van der Waals surface area contributed by atoms with Gasteiger partial charge in [-0.25, -0.2) is 13.1 Å². The van der Waals surface area contributed by atoms with Crippen molar-refractivity contribution in [2.75, 3.05) is 19.3 Å². The molecule has 112 valence electrons. The zero-order valence-electron chi connectivity index (χ0n) is 11.7. The molecule has 0 fully saturated rings. The van der Waals surface area contributed by atoms with Gasteiger partial charge in [-0.1, -0.05) is 12.1 Å². The predicted octanol–water partition coefficient (Wildman–Crippen LogP) is 1.10. The highest BCUT2D eigenvalue weighted by Crippen LogP contribution is 2.22. The van der Waals surface area contributed by atoms with Gasteiger partial charge in [0, 0.05) is 24.2 Å². The molecular formula is C12H19N3O4S. The molecule has 0 aliphatic rings. The topological polar surface area (TPSA) is 101 Å². The Hall–Kier alpha value is -1.51. The van der Waals surface area contributed by atoms with Gasteiger partial charge in [0.1, 0.15) is 0 Å². The lowest BCUT2D eigenvalue weighted by atomic mass is 10.0. The van der Waals surface area contributed by atoms with Crippen molar-refractivity contribution < 1.29 is 13.3 Å². The van der Waals surface area contributed by atoms with E-state index in [4.69, 9.17) is 0 Å². The van der Waals surface area contributed by atoms with Crippen LogP contribution >= 0.6 is 0 Å². The SMILES string of the molecule is CNS(=O)(=O)CCNC(C)c1ccc(C)c([N+](=O)[O-])c1. The summed E-state index contributed by atoms with van der Waals surface area (Å²) < 4.78 is 24.8. The first-order chi connectivity index (χ1) is 9.26. The van der Waals surface area contributed by atoms with Crippen molar-refractivity contribution in [2.45, 2.75) is 19.9 Å². The van der Waals surface area contributed by atoms with Gasteiger partial charge in [0.15, 0.2) is 0 Å². The van der Waals surface area contributed by atoms with E-state index in [1.807, 2.05) is 6.92 Å². The van der Waals surface area contributed by atoms with E-state index in [0.717, 1.165) is 5.56 Å². The molecule has 1 aromatic carbocycles. The zero-order chi connectivity index (χ0) is 15.3. The third-order valence-corrected chi connectivity index (χ3v) is 4.43. The van der Waals surface area contributed by atoms with Crippen molar-refractivity contribution in [3.8, 4) is 0 Å². The summed E-state index contributed by atoms with van der Waals surface area (Å²) >= 11 is 0. The molecule has 8 heteroatoms. The minimum Gasteiger partial charge on any atom is -0.309 e. The van der Waals surface area contributed by atoms with Crippen LogP contribution in [-0.4, -0.2) is 32.7 Å². The normalized spacial score (nSPS) is 13.2. The molecule has 1 rings (SSSR count). The molecule has 20 heavy (non-hydrogen) atoms. The second-order valence-corrected chi connectivity index (χ2v) is 6.55. The third kappa shape index (κ3) is 4.55. The van der Waals surface area contributed by atoms with Crippen molar-refractivity contribution in [3.05, 3.63) is 39.4 Å². The highest BCUT2D eigenvalue weighted by atomic mass is 32.2. The fraction of sp³-hybridized carbons (Fsp3) is 0.500. The van der Waals surface area contributed by atoms with Crippen molar-refractivity contribution in [2.24, 2.45) is 0 Å². The van der Waals surface area contributed by atoms with E-state index in [9.17, 15) is 18.5 Å². The van der Waals surface area contributed by atoms with Crippen LogP contribution in [0.2, 0.25) is 0 Å². The Balaban J connectivity index is 2.71. The van der Waals surface area contributed by atoms with Gasteiger partial charge in [-0.3, -0.25) is 10.1 Å². The van der Waals surface area contributed by atoms with Crippen molar-refractivity contribution >= 4 is 15.7 Å². The molecule has 0 spiro atoms. The number of benzene rings is 1. The largest absolute Gasteiger partial charge is 0.309 e. The molecular weight excluding hydrogens is 282 g/mol. The zero-order valence-corrected chi connectivity index (χ0v) is 12.5. The maximum absolute atomic E-state index is 11.3. The Morgan fingerprint density at radius 2 is 2.05 bits per heavy atom. The fourth-order valence-electron chi connectivity index (χ4n) is 1.72. The lowest BCUT2D eigenvalue weighted by Crippen LogP contribution is -2.30. The number of nitrogens with one attached hydrogen (secondary N) is 2. The average molecular weight is 301 g/mol. The highest BCUT2D eigenvalue weighted by molar-refractivity contribution is 7.89. The monoisotopic (exact) mass is 301 g/mol. The van der Waals surface area contributed by atoms with E-state index in [1.165, 1.54) is 13.1 Å². The summed E-state index contributed by atoms with van der Waals surface area (Å²) in [4.78, 5) is 10.5. The molecule has 1 atom stereocenters. The van der Waals surface area contributed by atoms with Gasteiger partial charge in [-0.15, -0.1) is 0 Å². The first-order valence-electron chi connectivity index (χ1n) is 6.16. The Kier molecular flexibility index (Phi) is 5.61. The van der Waals surface area contributed by atoms with Crippen LogP contribution in [0.3, 0.4) is 0 Å².